The number of nitrogens with one attached hydrogen (secondary N) is 2. The summed E-state index contributed by atoms with van der Waals surface area (Å²) in [4.78, 5) is 45.3. The van der Waals surface area contributed by atoms with Gasteiger partial charge < -0.3 is 15.2 Å². The molecule has 1 fully saturated rings. The molecule has 0 aliphatic carbocycles. The van der Waals surface area contributed by atoms with Crippen molar-refractivity contribution in [3.8, 4) is 0 Å². The summed E-state index contributed by atoms with van der Waals surface area (Å²) < 4.78 is -0.527. The maximum absolute atomic E-state index is 12.6. The van der Waals surface area contributed by atoms with Gasteiger partial charge in [-0.15, -0.1) is 11.8 Å². The number of amides is 2. The zero-order valence-electron chi connectivity index (χ0n) is 14.3. The maximum atomic E-state index is 12.6. The fraction of sp³-hybridized carbons (Fsp3) is 0.412. The van der Waals surface area contributed by atoms with E-state index in [1.807, 2.05) is 19.9 Å². The molecular formula is C17H20N4O3S. The van der Waals surface area contributed by atoms with Crippen LogP contribution in [-0.4, -0.2) is 50.3 Å². The van der Waals surface area contributed by atoms with Crippen LogP contribution in [-0.2, 0) is 16.1 Å². The van der Waals surface area contributed by atoms with Crippen LogP contribution in [0.4, 0.5) is 0 Å². The number of fused-ring (bicyclic) bond motifs is 1. The van der Waals surface area contributed by atoms with Crippen molar-refractivity contribution in [3.05, 3.63) is 40.4 Å². The molecule has 2 aromatic rings. The first-order valence-corrected chi connectivity index (χ1v) is 8.94. The number of aromatic nitrogens is 2. The van der Waals surface area contributed by atoms with E-state index < -0.39 is 10.8 Å². The second-order valence-electron chi connectivity index (χ2n) is 6.57. The van der Waals surface area contributed by atoms with E-state index in [4.69, 9.17) is 0 Å². The number of aromatic amines is 1. The molecule has 7 nitrogen and oxygen atoms in total. The quantitative estimate of drug-likeness (QED) is 0.848. The van der Waals surface area contributed by atoms with Crippen molar-refractivity contribution < 1.29 is 9.59 Å². The topological polar surface area (TPSA) is 95.2 Å². The van der Waals surface area contributed by atoms with Gasteiger partial charge in [-0.3, -0.25) is 14.4 Å². The molecule has 1 saturated heterocycles. The first-order valence-electron chi connectivity index (χ1n) is 7.96. The van der Waals surface area contributed by atoms with E-state index >= 15 is 0 Å². The largest absolute Gasteiger partial charge is 0.342 e. The summed E-state index contributed by atoms with van der Waals surface area (Å²) in [7, 11) is 1.63. The van der Waals surface area contributed by atoms with Crippen molar-refractivity contribution in [2.24, 2.45) is 0 Å². The molecule has 1 aliphatic rings. The van der Waals surface area contributed by atoms with Gasteiger partial charge in [0.25, 0.3) is 5.56 Å². The minimum atomic E-state index is -0.567. The predicted molar refractivity (Wildman–Crippen MR) is 97.3 cm³/mol. The molecule has 0 saturated carbocycles. The zero-order chi connectivity index (χ0) is 18.2. The number of rotatable bonds is 3. The lowest BCUT2D eigenvalue weighted by Crippen LogP contribution is -2.57. The number of hydrogen-bond donors (Lipinski definition) is 2. The molecule has 2 amide bonds. The fourth-order valence-corrected chi connectivity index (χ4v) is 3.64. The van der Waals surface area contributed by atoms with E-state index in [-0.39, 0.29) is 23.9 Å². The monoisotopic (exact) mass is 360 g/mol. The number of H-pyrrole nitrogens is 1. The van der Waals surface area contributed by atoms with Crippen molar-refractivity contribution in [1.82, 2.24) is 20.2 Å². The van der Waals surface area contributed by atoms with Crippen LogP contribution in [0.3, 0.4) is 0 Å². The van der Waals surface area contributed by atoms with Crippen molar-refractivity contribution in [1.29, 1.82) is 0 Å². The van der Waals surface area contributed by atoms with Gasteiger partial charge in [0.1, 0.15) is 11.9 Å². The third-order valence-corrected chi connectivity index (χ3v) is 5.59. The molecule has 1 aliphatic heterocycles. The first kappa shape index (κ1) is 17.5. The smallest absolute Gasteiger partial charge is 0.258 e. The van der Waals surface area contributed by atoms with E-state index in [2.05, 4.69) is 15.3 Å². The van der Waals surface area contributed by atoms with E-state index in [0.29, 0.717) is 22.5 Å². The van der Waals surface area contributed by atoms with Crippen LogP contribution in [0.15, 0.2) is 29.1 Å². The van der Waals surface area contributed by atoms with Crippen LogP contribution in [0.2, 0.25) is 0 Å². The molecule has 2 heterocycles. The van der Waals surface area contributed by atoms with Crippen molar-refractivity contribution in [3.63, 3.8) is 0 Å². The summed E-state index contributed by atoms with van der Waals surface area (Å²) >= 11 is 1.46. The Balaban J connectivity index is 1.74. The molecule has 2 N–H and O–H groups in total. The molecule has 0 spiro atoms. The second-order valence-corrected chi connectivity index (χ2v) is 8.21. The second kappa shape index (κ2) is 6.51. The van der Waals surface area contributed by atoms with Crippen LogP contribution in [0.1, 0.15) is 19.7 Å². The minimum absolute atomic E-state index is 0.146. The summed E-state index contributed by atoms with van der Waals surface area (Å²) in [5.41, 5.74) is 0.357. The van der Waals surface area contributed by atoms with Crippen LogP contribution >= 0.6 is 11.8 Å². The molecule has 132 valence electrons. The summed E-state index contributed by atoms with van der Waals surface area (Å²) in [6.07, 6.45) is 0. The molecule has 1 unspecified atom stereocenters. The van der Waals surface area contributed by atoms with Crippen molar-refractivity contribution in [2.45, 2.75) is 31.2 Å². The van der Waals surface area contributed by atoms with E-state index in [0.717, 1.165) is 0 Å². The number of para-hydroxylation sites is 1. The number of nitrogens with zero attached hydrogens (tertiary/aromatic N) is 2. The maximum Gasteiger partial charge on any atom is 0.258 e. The Bertz CT molecular complexity index is 893. The van der Waals surface area contributed by atoms with Crippen molar-refractivity contribution in [2.75, 3.05) is 12.8 Å². The SMILES string of the molecule is CN(Cc1nc2ccccc2c(=O)[nH]1)C(=O)C1CSC(C)(C)C(=O)N1. The highest BCUT2D eigenvalue weighted by atomic mass is 32.2. The van der Waals surface area contributed by atoms with Gasteiger partial charge in [0.15, 0.2) is 0 Å². The van der Waals surface area contributed by atoms with Gasteiger partial charge >= 0.3 is 0 Å². The van der Waals surface area contributed by atoms with Gasteiger partial charge in [-0.2, -0.15) is 0 Å². The number of likely N-dealkylation sites (N-methyl/N-ethyl adjacent to an activating group) is 1. The average Bonchev–Trinajstić information content (AvgIpc) is 2.57. The van der Waals surface area contributed by atoms with Crippen LogP contribution in [0.5, 0.6) is 0 Å². The normalized spacial score (nSPS) is 19.5. The zero-order valence-corrected chi connectivity index (χ0v) is 15.1. The highest BCUT2D eigenvalue weighted by Gasteiger charge is 2.38. The van der Waals surface area contributed by atoms with Crippen LogP contribution in [0, 0.1) is 0 Å². The molecule has 1 aromatic heterocycles. The molecular weight excluding hydrogens is 340 g/mol. The molecule has 0 bridgehead atoms. The summed E-state index contributed by atoms with van der Waals surface area (Å²) in [5.74, 6) is 0.582. The van der Waals surface area contributed by atoms with Crippen LogP contribution in [0.25, 0.3) is 10.9 Å². The lowest BCUT2D eigenvalue weighted by molar-refractivity contribution is -0.136. The fourth-order valence-electron chi connectivity index (χ4n) is 2.64. The van der Waals surface area contributed by atoms with Gasteiger partial charge in [-0.05, 0) is 26.0 Å². The number of benzene rings is 1. The Labute approximate surface area is 149 Å². The molecule has 1 atom stereocenters. The molecule has 3 rings (SSSR count). The third-order valence-electron chi connectivity index (χ3n) is 4.19. The Hall–Kier alpha value is -2.35. The molecule has 25 heavy (non-hydrogen) atoms. The Kier molecular flexibility index (Phi) is 4.55. The molecule has 1 aromatic carbocycles. The summed E-state index contributed by atoms with van der Waals surface area (Å²) in [6.45, 7) is 3.83. The van der Waals surface area contributed by atoms with Gasteiger partial charge in [-0.1, -0.05) is 12.1 Å². The van der Waals surface area contributed by atoms with Gasteiger partial charge in [0.2, 0.25) is 11.8 Å². The minimum Gasteiger partial charge on any atom is -0.342 e. The van der Waals surface area contributed by atoms with Crippen molar-refractivity contribution >= 4 is 34.5 Å². The molecule has 0 radical (unpaired) electrons. The Morgan fingerprint density at radius 1 is 1.36 bits per heavy atom. The summed E-state index contributed by atoms with van der Waals surface area (Å²) in [6, 6.07) is 6.48. The number of hydrogen-bond acceptors (Lipinski definition) is 5. The predicted octanol–water partition coefficient (Wildman–Crippen LogP) is 0.892. The average molecular weight is 360 g/mol. The number of thioether (sulfide) groups is 1. The molecule has 8 heteroatoms. The highest BCUT2D eigenvalue weighted by Crippen LogP contribution is 2.29. The third kappa shape index (κ3) is 3.53. The van der Waals surface area contributed by atoms with Crippen LogP contribution < -0.4 is 10.9 Å². The first-order chi connectivity index (χ1) is 11.8. The van der Waals surface area contributed by atoms with Gasteiger partial charge in [0, 0.05) is 12.8 Å². The van der Waals surface area contributed by atoms with E-state index in [9.17, 15) is 14.4 Å². The lowest BCUT2D eigenvalue weighted by atomic mass is 10.1. The van der Waals surface area contributed by atoms with Gasteiger partial charge in [0.05, 0.1) is 22.2 Å². The summed E-state index contributed by atoms with van der Waals surface area (Å²) in [5, 5.41) is 3.28. The van der Waals surface area contributed by atoms with E-state index in [1.54, 1.807) is 25.2 Å². The number of carbonyl (C=O) groups is 2. The Morgan fingerprint density at radius 3 is 2.80 bits per heavy atom. The lowest BCUT2D eigenvalue weighted by Gasteiger charge is -2.34. The standard InChI is InChI=1S/C17H20N4O3S/c1-17(2)16(24)19-12(9-25-17)15(23)21(3)8-13-18-11-7-5-4-6-10(11)14(22)20-13/h4-7,12H,8-9H2,1-3H3,(H,19,24)(H,18,20,22). The highest BCUT2D eigenvalue weighted by molar-refractivity contribution is 8.01. The van der Waals surface area contributed by atoms with E-state index in [1.165, 1.54) is 16.7 Å². The van der Waals surface area contributed by atoms with Gasteiger partial charge in [-0.25, -0.2) is 4.98 Å². The Morgan fingerprint density at radius 2 is 2.08 bits per heavy atom. The number of carbonyl (C=O) groups excluding carboxylic acids is 2.